The fourth-order valence-electron chi connectivity index (χ4n) is 2.58. The maximum atomic E-state index is 5.84. The van der Waals surface area contributed by atoms with Gasteiger partial charge in [-0.2, -0.15) is 0 Å². The van der Waals surface area contributed by atoms with Crippen molar-refractivity contribution in [1.29, 1.82) is 0 Å². The normalized spacial score (nSPS) is 17.6. The Morgan fingerprint density at radius 3 is 2.60 bits per heavy atom. The molecule has 20 heavy (non-hydrogen) atoms. The van der Waals surface area contributed by atoms with Crippen molar-refractivity contribution in [2.75, 3.05) is 37.2 Å². The van der Waals surface area contributed by atoms with Crippen LogP contribution in [-0.2, 0) is 0 Å². The van der Waals surface area contributed by atoms with Crippen molar-refractivity contribution in [3.8, 4) is 0 Å². The molecule has 1 aliphatic heterocycles. The van der Waals surface area contributed by atoms with Crippen LogP contribution in [0.5, 0.6) is 0 Å². The Hall–Kier alpha value is -1.36. The van der Waals surface area contributed by atoms with E-state index in [4.69, 9.17) is 5.73 Å². The number of rotatable bonds is 6. The van der Waals surface area contributed by atoms with Gasteiger partial charge in [0, 0.05) is 25.1 Å². The maximum Gasteiger partial charge on any atom is 0.135 e. The first kappa shape index (κ1) is 15.0. The van der Waals surface area contributed by atoms with E-state index in [9.17, 15) is 0 Å². The largest absolute Gasteiger partial charge is 0.384 e. The first-order chi connectivity index (χ1) is 9.54. The van der Waals surface area contributed by atoms with Crippen LogP contribution in [0.15, 0.2) is 6.07 Å². The number of hydrogen-bond donors (Lipinski definition) is 2. The molecule has 1 fully saturated rings. The Kier molecular flexibility index (Phi) is 5.17. The van der Waals surface area contributed by atoms with Gasteiger partial charge in [0.1, 0.15) is 17.5 Å². The quantitative estimate of drug-likeness (QED) is 0.835. The number of nitrogens with zero attached hydrogens (tertiary/aromatic N) is 3. The molecule has 1 aromatic heterocycles. The van der Waals surface area contributed by atoms with Crippen molar-refractivity contribution < 1.29 is 0 Å². The average Bonchev–Trinajstić information content (AvgIpc) is 2.88. The van der Waals surface area contributed by atoms with E-state index in [0.717, 1.165) is 24.7 Å². The van der Waals surface area contributed by atoms with Crippen LogP contribution in [0, 0.1) is 5.92 Å². The van der Waals surface area contributed by atoms with E-state index in [2.05, 4.69) is 41.0 Å². The van der Waals surface area contributed by atoms with E-state index in [1.165, 1.54) is 25.9 Å². The van der Waals surface area contributed by atoms with E-state index in [1.807, 2.05) is 6.07 Å². The zero-order chi connectivity index (χ0) is 14.5. The third kappa shape index (κ3) is 4.34. The van der Waals surface area contributed by atoms with E-state index >= 15 is 0 Å². The van der Waals surface area contributed by atoms with Crippen molar-refractivity contribution in [3.05, 3.63) is 11.9 Å². The Morgan fingerprint density at radius 2 is 1.95 bits per heavy atom. The van der Waals surface area contributed by atoms with Gasteiger partial charge in [0.05, 0.1) is 0 Å². The van der Waals surface area contributed by atoms with Gasteiger partial charge in [-0.1, -0.05) is 20.8 Å². The van der Waals surface area contributed by atoms with Gasteiger partial charge in [-0.25, -0.2) is 9.97 Å². The molecule has 0 spiro atoms. The van der Waals surface area contributed by atoms with Crippen LogP contribution in [0.25, 0.3) is 0 Å². The van der Waals surface area contributed by atoms with Gasteiger partial charge in [-0.05, 0) is 31.8 Å². The molecule has 0 aliphatic carbocycles. The molecular weight excluding hydrogens is 250 g/mol. The summed E-state index contributed by atoms with van der Waals surface area (Å²) >= 11 is 0. The minimum absolute atomic E-state index is 0.293. The first-order valence-electron chi connectivity index (χ1n) is 7.65. The second-order valence-electron chi connectivity index (χ2n) is 6.18. The van der Waals surface area contributed by atoms with Crippen molar-refractivity contribution in [2.24, 2.45) is 5.92 Å². The number of nitrogens with two attached hydrogens (primary N) is 1. The lowest BCUT2D eigenvalue weighted by molar-refractivity contribution is 0.294. The molecule has 1 saturated heterocycles. The fraction of sp³-hybridized carbons (Fsp3) is 0.733. The summed E-state index contributed by atoms with van der Waals surface area (Å²) in [7, 11) is 0. The topological polar surface area (TPSA) is 67.1 Å². The molecule has 5 nitrogen and oxygen atoms in total. The van der Waals surface area contributed by atoms with E-state index in [1.54, 1.807) is 0 Å². The summed E-state index contributed by atoms with van der Waals surface area (Å²) in [5.41, 5.74) is 5.84. The van der Waals surface area contributed by atoms with Crippen molar-refractivity contribution >= 4 is 11.6 Å². The van der Waals surface area contributed by atoms with Gasteiger partial charge in [0.25, 0.3) is 0 Å². The summed E-state index contributed by atoms with van der Waals surface area (Å²) in [6, 6.07) is 1.81. The molecule has 1 aliphatic rings. The van der Waals surface area contributed by atoms with Gasteiger partial charge < -0.3 is 16.0 Å². The Balaban J connectivity index is 1.86. The molecule has 1 atom stereocenters. The molecule has 2 rings (SSSR count). The molecular formula is C15H27N5. The summed E-state index contributed by atoms with van der Waals surface area (Å²) in [5.74, 6) is 3.08. The average molecular weight is 277 g/mol. The fourth-order valence-corrected chi connectivity index (χ4v) is 2.58. The van der Waals surface area contributed by atoms with Crippen molar-refractivity contribution in [3.63, 3.8) is 0 Å². The molecule has 1 aromatic rings. The standard InChI is InChI=1S/C15H27N5/c1-11(2)15-18-13(16)8-14(19-15)17-9-12(3)10-20-6-4-5-7-20/h8,11-12H,4-7,9-10H2,1-3H3,(H3,16,17,18,19). The highest BCUT2D eigenvalue weighted by Crippen LogP contribution is 2.16. The summed E-state index contributed by atoms with van der Waals surface area (Å²) in [5, 5.41) is 3.40. The second kappa shape index (κ2) is 6.88. The predicted octanol–water partition coefficient (Wildman–Crippen LogP) is 2.33. The van der Waals surface area contributed by atoms with Crippen LogP contribution >= 0.6 is 0 Å². The molecule has 5 heteroatoms. The van der Waals surface area contributed by atoms with Crippen LogP contribution in [0.1, 0.15) is 45.4 Å². The molecule has 0 aromatic carbocycles. The van der Waals surface area contributed by atoms with Gasteiger partial charge >= 0.3 is 0 Å². The second-order valence-corrected chi connectivity index (χ2v) is 6.18. The molecule has 0 saturated carbocycles. The third-order valence-corrected chi connectivity index (χ3v) is 3.68. The predicted molar refractivity (Wildman–Crippen MR) is 83.9 cm³/mol. The Labute approximate surface area is 122 Å². The lowest BCUT2D eigenvalue weighted by atomic mass is 10.1. The monoisotopic (exact) mass is 277 g/mol. The number of likely N-dealkylation sites (tertiary alicyclic amines) is 1. The van der Waals surface area contributed by atoms with Crippen LogP contribution in [0.2, 0.25) is 0 Å². The highest BCUT2D eigenvalue weighted by Gasteiger charge is 2.14. The number of nitrogens with one attached hydrogen (secondary N) is 1. The zero-order valence-corrected chi connectivity index (χ0v) is 12.9. The lowest BCUT2D eigenvalue weighted by Gasteiger charge is -2.20. The van der Waals surface area contributed by atoms with Crippen LogP contribution in [0.3, 0.4) is 0 Å². The van der Waals surface area contributed by atoms with Gasteiger partial charge in [-0.3, -0.25) is 0 Å². The molecule has 2 heterocycles. The molecule has 1 unspecified atom stereocenters. The van der Waals surface area contributed by atoms with E-state index < -0.39 is 0 Å². The number of anilines is 2. The first-order valence-corrected chi connectivity index (χ1v) is 7.65. The van der Waals surface area contributed by atoms with Crippen molar-refractivity contribution in [1.82, 2.24) is 14.9 Å². The van der Waals surface area contributed by atoms with Crippen molar-refractivity contribution in [2.45, 2.75) is 39.5 Å². The molecule has 3 N–H and O–H groups in total. The lowest BCUT2D eigenvalue weighted by Crippen LogP contribution is -2.29. The Morgan fingerprint density at radius 1 is 1.25 bits per heavy atom. The highest BCUT2D eigenvalue weighted by molar-refractivity contribution is 5.44. The molecule has 112 valence electrons. The summed E-state index contributed by atoms with van der Waals surface area (Å²) < 4.78 is 0. The number of nitrogen functional groups attached to an aromatic ring is 1. The maximum absolute atomic E-state index is 5.84. The zero-order valence-electron chi connectivity index (χ0n) is 12.9. The smallest absolute Gasteiger partial charge is 0.135 e. The number of hydrogen-bond acceptors (Lipinski definition) is 5. The third-order valence-electron chi connectivity index (χ3n) is 3.68. The van der Waals surface area contributed by atoms with E-state index in [0.29, 0.717) is 17.7 Å². The minimum Gasteiger partial charge on any atom is -0.384 e. The number of aromatic nitrogens is 2. The van der Waals surface area contributed by atoms with Gasteiger partial charge in [-0.15, -0.1) is 0 Å². The Bertz CT molecular complexity index is 426. The highest BCUT2D eigenvalue weighted by atomic mass is 15.1. The molecule has 0 amide bonds. The molecule has 0 radical (unpaired) electrons. The van der Waals surface area contributed by atoms with Crippen LogP contribution in [0.4, 0.5) is 11.6 Å². The summed E-state index contributed by atoms with van der Waals surface area (Å²) in [6.45, 7) is 11.0. The SMILES string of the molecule is CC(CNc1cc(N)nc(C(C)C)n1)CN1CCCC1. The van der Waals surface area contributed by atoms with E-state index in [-0.39, 0.29) is 0 Å². The summed E-state index contributed by atoms with van der Waals surface area (Å²) in [6.07, 6.45) is 2.70. The minimum atomic E-state index is 0.293. The van der Waals surface area contributed by atoms with Crippen LogP contribution < -0.4 is 11.1 Å². The van der Waals surface area contributed by atoms with Gasteiger partial charge in [0.2, 0.25) is 0 Å². The van der Waals surface area contributed by atoms with Gasteiger partial charge in [0.15, 0.2) is 0 Å². The van der Waals surface area contributed by atoms with Crippen LogP contribution in [-0.4, -0.2) is 41.0 Å². The summed E-state index contributed by atoms with van der Waals surface area (Å²) in [4.78, 5) is 11.3. The molecule has 0 bridgehead atoms.